The van der Waals surface area contributed by atoms with Crippen molar-refractivity contribution in [3.8, 4) is 6.07 Å². The Morgan fingerprint density at radius 1 is 1.56 bits per heavy atom. The minimum absolute atomic E-state index is 0.0135. The monoisotopic (exact) mass is 300 g/mol. The van der Waals surface area contributed by atoms with E-state index in [0.29, 0.717) is 6.54 Å². The first-order valence-corrected chi connectivity index (χ1v) is 6.53. The number of nitriles is 1. The first-order chi connectivity index (χ1) is 7.58. The molecule has 0 bridgehead atoms. The summed E-state index contributed by atoms with van der Waals surface area (Å²) in [6, 6.07) is 8.17. The highest BCUT2D eigenvalue weighted by molar-refractivity contribution is 9.08. The predicted octanol–water partition coefficient (Wildman–Crippen LogP) is 3.83. The maximum Gasteiger partial charge on any atom is 0.0671 e. The van der Waals surface area contributed by atoms with E-state index in [1.807, 2.05) is 37.1 Å². The number of rotatable bonds is 4. The van der Waals surface area contributed by atoms with Crippen LogP contribution in [0.5, 0.6) is 0 Å². The number of hydrogen-bond donors (Lipinski definition) is 0. The van der Waals surface area contributed by atoms with Gasteiger partial charge in [0.1, 0.15) is 0 Å². The average Bonchev–Trinajstić information content (AvgIpc) is 2.28. The molecule has 1 rings (SSSR count). The van der Waals surface area contributed by atoms with Gasteiger partial charge in [0.25, 0.3) is 0 Å². The lowest BCUT2D eigenvalue weighted by Crippen LogP contribution is -2.23. The number of alkyl halides is 1. The molecule has 1 aromatic rings. The van der Waals surface area contributed by atoms with E-state index in [0.717, 1.165) is 21.6 Å². The molecule has 4 heteroatoms. The van der Waals surface area contributed by atoms with Gasteiger partial charge in [0.2, 0.25) is 0 Å². The van der Waals surface area contributed by atoms with Crippen molar-refractivity contribution in [2.45, 2.75) is 12.3 Å². The van der Waals surface area contributed by atoms with Crippen molar-refractivity contribution < 1.29 is 0 Å². The van der Waals surface area contributed by atoms with E-state index in [4.69, 9.17) is 16.9 Å². The molecular weight excluding hydrogens is 288 g/mol. The van der Waals surface area contributed by atoms with Crippen molar-refractivity contribution in [1.29, 1.82) is 5.26 Å². The summed E-state index contributed by atoms with van der Waals surface area (Å²) >= 11 is 9.50. The molecule has 0 radical (unpaired) electrons. The van der Waals surface area contributed by atoms with Crippen LogP contribution in [0, 0.1) is 17.2 Å². The van der Waals surface area contributed by atoms with Crippen molar-refractivity contribution in [3.63, 3.8) is 0 Å². The fourth-order valence-electron chi connectivity index (χ4n) is 1.44. The van der Waals surface area contributed by atoms with Crippen molar-refractivity contribution >= 4 is 33.2 Å². The summed E-state index contributed by atoms with van der Waals surface area (Å²) in [6.07, 6.45) is 0. The molecule has 16 heavy (non-hydrogen) atoms. The summed E-state index contributed by atoms with van der Waals surface area (Å²) in [5.41, 5.74) is 2.11. The molecule has 0 spiro atoms. The third kappa shape index (κ3) is 3.40. The van der Waals surface area contributed by atoms with Gasteiger partial charge in [-0.05, 0) is 24.6 Å². The minimum Gasteiger partial charge on any atom is -0.373 e. The SMILES string of the molecule is CC(C#N)CN(C)c1ccc(CBr)c(Cl)c1. The molecular formula is C12H14BrClN2. The van der Waals surface area contributed by atoms with E-state index in [2.05, 4.69) is 22.0 Å². The lowest BCUT2D eigenvalue weighted by Gasteiger charge is -2.21. The van der Waals surface area contributed by atoms with Gasteiger partial charge in [-0.3, -0.25) is 0 Å². The minimum atomic E-state index is 0.0135. The standard InChI is InChI=1S/C12H14BrClN2/c1-9(7-15)8-16(2)11-4-3-10(6-13)12(14)5-11/h3-5,9H,6,8H2,1-2H3. The largest absolute Gasteiger partial charge is 0.373 e. The molecule has 0 aliphatic heterocycles. The molecule has 0 aliphatic rings. The van der Waals surface area contributed by atoms with Crippen LogP contribution >= 0.6 is 27.5 Å². The molecule has 1 atom stereocenters. The molecule has 1 aromatic carbocycles. The zero-order chi connectivity index (χ0) is 12.1. The highest BCUT2D eigenvalue weighted by atomic mass is 79.9. The Morgan fingerprint density at radius 3 is 2.75 bits per heavy atom. The number of anilines is 1. The summed E-state index contributed by atoms with van der Waals surface area (Å²) in [7, 11) is 1.97. The average molecular weight is 302 g/mol. The summed E-state index contributed by atoms with van der Waals surface area (Å²) in [5.74, 6) is 0.0135. The fraction of sp³-hybridized carbons (Fsp3) is 0.417. The van der Waals surface area contributed by atoms with Crippen LogP contribution in [0.25, 0.3) is 0 Å². The topological polar surface area (TPSA) is 27.0 Å². The molecule has 86 valence electrons. The van der Waals surface area contributed by atoms with Crippen LogP contribution in [0.4, 0.5) is 5.69 Å². The summed E-state index contributed by atoms with van der Waals surface area (Å²) in [5, 5.41) is 10.3. The Balaban J connectivity index is 2.81. The van der Waals surface area contributed by atoms with Crippen LogP contribution in [-0.4, -0.2) is 13.6 Å². The van der Waals surface area contributed by atoms with Crippen LogP contribution in [-0.2, 0) is 5.33 Å². The molecule has 0 aliphatic carbocycles. The van der Waals surface area contributed by atoms with Gasteiger partial charge in [-0.1, -0.05) is 33.6 Å². The second-order valence-electron chi connectivity index (χ2n) is 3.82. The maximum atomic E-state index is 8.76. The molecule has 0 amide bonds. The van der Waals surface area contributed by atoms with Crippen LogP contribution < -0.4 is 4.90 Å². The zero-order valence-corrected chi connectivity index (χ0v) is 11.7. The third-order valence-corrected chi connectivity index (χ3v) is 3.35. The molecule has 0 fully saturated rings. The Labute approximate surface area is 110 Å². The Kier molecular flexibility index (Phi) is 5.11. The van der Waals surface area contributed by atoms with Crippen molar-refractivity contribution in [2.75, 3.05) is 18.5 Å². The second kappa shape index (κ2) is 6.12. The van der Waals surface area contributed by atoms with E-state index in [1.165, 1.54) is 0 Å². The van der Waals surface area contributed by atoms with E-state index in [1.54, 1.807) is 0 Å². The van der Waals surface area contributed by atoms with Gasteiger partial charge < -0.3 is 4.90 Å². The lowest BCUT2D eigenvalue weighted by molar-refractivity contribution is 0.716. The first kappa shape index (κ1) is 13.3. The molecule has 0 saturated carbocycles. The smallest absolute Gasteiger partial charge is 0.0671 e. The van der Waals surface area contributed by atoms with Crippen molar-refractivity contribution in [3.05, 3.63) is 28.8 Å². The van der Waals surface area contributed by atoms with Crippen LogP contribution in [0.3, 0.4) is 0 Å². The Bertz CT molecular complexity index is 400. The van der Waals surface area contributed by atoms with Crippen molar-refractivity contribution in [1.82, 2.24) is 0 Å². The van der Waals surface area contributed by atoms with Crippen LogP contribution in [0.2, 0.25) is 5.02 Å². The highest BCUT2D eigenvalue weighted by Crippen LogP contribution is 2.25. The first-order valence-electron chi connectivity index (χ1n) is 5.03. The van der Waals surface area contributed by atoms with E-state index in [9.17, 15) is 0 Å². The van der Waals surface area contributed by atoms with Gasteiger partial charge in [-0.15, -0.1) is 0 Å². The second-order valence-corrected chi connectivity index (χ2v) is 4.79. The quantitative estimate of drug-likeness (QED) is 0.790. The van der Waals surface area contributed by atoms with Crippen LogP contribution in [0.1, 0.15) is 12.5 Å². The number of halogens is 2. The molecule has 0 heterocycles. The third-order valence-electron chi connectivity index (χ3n) is 2.39. The molecule has 1 unspecified atom stereocenters. The number of hydrogen-bond acceptors (Lipinski definition) is 2. The fourth-order valence-corrected chi connectivity index (χ4v) is 2.33. The summed E-state index contributed by atoms with van der Waals surface area (Å²) in [4.78, 5) is 2.04. The van der Waals surface area contributed by atoms with E-state index < -0.39 is 0 Å². The normalized spacial score (nSPS) is 11.9. The van der Waals surface area contributed by atoms with Gasteiger partial charge in [0.05, 0.1) is 12.0 Å². The lowest BCUT2D eigenvalue weighted by atomic mass is 10.1. The summed E-state index contributed by atoms with van der Waals surface area (Å²) < 4.78 is 0. The number of nitrogens with zero attached hydrogens (tertiary/aromatic N) is 2. The van der Waals surface area contributed by atoms with Gasteiger partial charge in [-0.25, -0.2) is 0 Å². The highest BCUT2D eigenvalue weighted by Gasteiger charge is 2.08. The molecule has 2 nitrogen and oxygen atoms in total. The maximum absolute atomic E-state index is 8.76. The van der Waals surface area contributed by atoms with Crippen LogP contribution in [0.15, 0.2) is 18.2 Å². The van der Waals surface area contributed by atoms with E-state index in [-0.39, 0.29) is 5.92 Å². The summed E-state index contributed by atoms with van der Waals surface area (Å²) in [6.45, 7) is 2.62. The molecule has 0 N–H and O–H groups in total. The van der Waals surface area contributed by atoms with E-state index >= 15 is 0 Å². The molecule has 0 aromatic heterocycles. The van der Waals surface area contributed by atoms with Gasteiger partial charge >= 0.3 is 0 Å². The Hall–Kier alpha value is -0.720. The van der Waals surface area contributed by atoms with Gasteiger partial charge in [-0.2, -0.15) is 5.26 Å². The van der Waals surface area contributed by atoms with Crippen molar-refractivity contribution in [2.24, 2.45) is 5.92 Å². The zero-order valence-electron chi connectivity index (χ0n) is 9.37. The number of benzene rings is 1. The molecule has 0 saturated heterocycles. The predicted molar refractivity (Wildman–Crippen MR) is 72.1 cm³/mol. The van der Waals surface area contributed by atoms with Gasteiger partial charge in [0, 0.05) is 29.6 Å². The van der Waals surface area contributed by atoms with Gasteiger partial charge in [0.15, 0.2) is 0 Å². The Morgan fingerprint density at radius 2 is 2.25 bits per heavy atom.